The third-order valence-corrected chi connectivity index (χ3v) is 2.42. The lowest BCUT2D eigenvalue weighted by molar-refractivity contribution is 0.201. The van der Waals surface area contributed by atoms with E-state index in [1.807, 2.05) is 6.92 Å². The fourth-order valence-corrected chi connectivity index (χ4v) is 1.80. The lowest BCUT2D eigenvalue weighted by Gasteiger charge is -2.12. The fraction of sp³-hybridized carbons (Fsp3) is 0.600. The Kier molecular flexibility index (Phi) is 2.52. The van der Waals surface area contributed by atoms with Crippen molar-refractivity contribution < 1.29 is 4.74 Å². The van der Waals surface area contributed by atoms with Crippen molar-refractivity contribution in [3.63, 3.8) is 0 Å². The summed E-state index contributed by atoms with van der Waals surface area (Å²) in [4.78, 5) is 8.18. The summed E-state index contributed by atoms with van der Waals surface area (Å²) in [5.41, 5.74) is 5.60. The van der Waals surface area contributed by atoms with Gasteiger partial charge in [0.15, 0.2) is 0 Å². The number of aromatic nitrogens is 2. The molecular weight excluding hydrogens is 178 g/mol. The molecule has 0 saturated heterocycles. The van der Waals surface area contributed by atoms with Gasteiger partial charge in [0.25, 0.3) is 0 Å². The lowest BCUT2D eigenvalue weighted by atomic mass is 10.3. The van der Waals surface area contributed by atoms with Crippen molar-refractivity contribution in [2.45, 2.75) is 38.7 Å². The lowest BCUT2D eigenvalue weighted by Crippen LogP contribution is -2.12. The van der Waals surface area contributed by atoms with Crippen LogP contribution in [0.1, 0.15) is 31.5 Å². The van der Waals surface area contributed by atoms with Crippen LogP contribution in [0.5, 0.6) is 5.88 Å². The summed E-state index contributed by atoms with van der Waals surface area (Å²) >= 11 is 0. The van der Waals surface area contributed by atoms with Crippen molar-refractivity contribution in [3.8, 4) is 5.88 Å². The second-order valence-electron chi connectivity index (χ2n) is 3.70. The van der Waals surface area contributed by atoms with Crippen LogP contribution in [0.15, 0.2) is 6.07 Å². The fourth-order valence-electron chi connectivity index (χ4n) is 1.80. The molecule has 1 aromatic rings. The molecule has 4 nitrogen and oxygen atoms in total. The maximum Gasteiger partial charge on any atom is 0.218 e. The van der Waals surface area contributed by atoms with Gasteiger partial charge in [0.2, 0.25) is 5.88 Å². The number of nitrogens with zero attached hydrogens (tertiary/aromatic N) is 2. The molecule has 4 heteroatoms. The van der Waals surface area contributed by atoms with Crippen LogP contribution in [0.25, 0.3) is 0 Å². The molecule has 2 rings (SSSR count). The van der Waals surface area contributed by atoms with E-state index in [1.54, 1.807) is 6.07 Å². The number of hydrogen-bond acceptors (Lipinski definition) is 4. The monoisotopic (exact) mass is 193 g/mol. The van der Waals surface area contributed by atoms with Gasteiger partial charge >= 0.3 is 0 Å². The minimum absolute atomic E-state index is 0.323. The molecule has 0 amide bonds. The third kappa shape index (κ3) is 2.13. The average Bonchev–Trinajstić information content (AvgIpc) is 2.54. The van der Waals surface area contributed by atoms with Gasteiger partial charge < -0.3 is 10.5 Å². The van der Waals surface area contributed by atoms with E-state index < -0.39 is 0 Å². The van der Waals surface area contributed by atoms with Gasteiger partial charge in [-0.15, -0.1) is 0 Å². The van der Waals surface area contributed by atoms with Crippen LogP contribution in [-0.4, -0.2) is 16.1 Å². The summed E-state index contributed by atoms with van der Waals surface area (Å²) < 4.78 is 5.71. The van der Waals surface area contributed by atoms with Crippen LogP contribution in [-0.2, 0) is 0 Å². The normalized spacial score (nSPS) is 17.2. The molecule has 76 valence electrons. The van der Waals surface area contributed by atoms with E-state index >= 15 is 0 Å². The Balaban J connectivity index is 2.07. The van der Waals surface area contributed by atoms with Crippen molar-refractivity contribution in [1.82, 2.24) is 9.97 Å². The number of anilines is 1. The Hall–Kier alpha value is -1.32. The molecule has 0 atom stereocenters. The maximum absolute atomic E-state index is 5.71. The van der Waals surface area contributed by atoms with Gasteiger partial charge in [-0.2, -0.15) is 4.98 Å². The average molecular weight is 193 g/mol. The minimum Gasteiger partial charge on any atom is -0.474 e. The molecule has 0 aliphatic heterocycles. The number of rotatable bonds is 2. The molecule has 1 aromatic heterocycles. The zero-order chi connectivity index (χ0) is 9.97. The molecule has 0 bridgehead atoms. The molecule has 1 aliphatic carbocycles. The molecule has 2 N–H and O–H groups in total. The van der Waals surface area contributed by atoms with E-state index in [2.05, 4.69) is 9.97 Å². The Morgan fingerprint density at radius 1 is 1.36 bits per heavy atom. The highest BCUT2D eigenvalue weighted by Crippen LogP contribution is 2.23. The predicted octanol–water partition coefficient (Wildman–Crippen LogP) is 1.69. The van der Waals surface area contributed by atoms with Crippen LogP contribution in [0.4, 0.5) is 5.82 Å². The van der Waals surface area contributed by atoms with E-state index in [4.69, 9.17) is 10.5 Å². The van der Waals surface area contributed by atoms with Crippen molar-refractivity contribution >= 4 is 5.82 Å². The topological polar surface area (TPSA) is 61.0 Å². The molecule has 1 aliphatic rings. The SMILES string of the molecule is Cc1nc(N)cc(OC2CCCC2)n1. The van der Waals surface area contributed by atoms with Crippen LogP contribution < -0.4 is 10.5 Å². The molecule has 0 spiro atoms. The number of nitrogens with two attached hydrogens (primary N) is 1. The van der Waals surface area contributed by atoms with Gasteiger partial charge in [0, 0.05) is 6.07 Å². The van der Waals surface area contributed by atoms with Gasteiger partial charge in [-0.25, -0.2) is 4.98 Å². The first-order chi connectivity index (χ1) is 6.74. The zero-order valence-corrected chi connectivity index (χ0v) is 8.36. The van der Waals surface area contributed by atoms with Crippen LogP contribution in [0.3, 0.4) is 0 Å². The van der Waals surface area contributed by atoms with E-state index in [9.17, 15) is 0 Å². The summed E-state index contributed by atoms with van der Waals surface area (Å²) in [6.07, 6.45) is 5.09. The second-order valence-corrected chi connectivity index (χ2v) is 3.70. The summed E-state index contributed by atoms with van der Waals surface area (Å²) in [5.74, 6) is 1.75. The van der Waals surface area contributed by atoms with Gasteiger partial charge in [0.1, 0.15) is 17.7 Å². The van der Waals surface area contributed by atoms with Crippen LogP contribution in [0, 0.1) is 6.92 Å². The van der Waals surface area contributed by atoms with E-state index in [-0.39, 0.29) is 0 Å². The first-order valence-electron chi connectivity index (χ1n) is 5.02. The molecule has 14 heavy (non-hydrogen) atoms. The first-order valence-corrected chi connectivity index (χ1v) is 5.02. The summed E-state index contributed by atoms with van der Waals surface area (Å²) in [7, 11) is 0. The van der Waals surface area contributed by atoms with Crippen LogP contribution in [0.2, 0.25) is 0 Å². The molecule has 1 fully saturated rings. The summed E-state index contributed by atoms with van der Waals surface area (Å²) in [6.45, 7) is 1.82. The molecule has 0 radical (unpaired) electrons. The van der Waals surface area contributed by atoms with Crippen molar-refractivity contribution in [1.29, 1.82) is 0 Å². The number of hydrogen-bond donors (Lipinski definition) is 1. The third-order valence-electron chi connectivity index (χ3n) is 2.42. The summed E-state index contributed by atoms with van der Waals surface area (Å²) in [6, 6.07) is 1.69. The Bertz CT molecular complexity index is 301. The Morgan fingerprint density at radius 3 is 2.71 bits per heavy atom. The smallest absolute Gasteiger partial charge is 0.218 e. The highest BCUT2D eigenvalue weighted by molar-refractivity contribution is 5.32. The molecule has 1 saturated carbocycles. The first kappa shape index (κ1) is 9.24. The highest BCUT2D eigenvalue weighted by Gasteiger charge is 2.17. The van der Waals surface area contributed by atoms with Crippen molar-refractivity contribution in [2.75, 3.05) is 5.73 Å². The predicted molar refractivity (Wildman–Crippen MR) is 54.1 cm³/mol. The Morgan fingerprint density at radius 2 is 2.07 bits per heavy atom. The highest BCUT2D eigenvalue weighted by atomic mass is 16.5. The van der Waals surface area contributed by atoms with E-state index in [1.165, 1.54) is 12.8 Å². The van der Waals surface area contributed by atoms with Gasteiger partial charge in [-0.05, 0) is 32.6 Å². The number of nitrogen functional groups attached to an aromatic ring is 1. The quantitative estimate of drug-likeness (QED) is 0.776. The number of aryl methyl sites for hydroxylation is 1. The Labute approximate surface area is 83.5 Å². The number of ether oxygens (including phenoxy) is 1. The van der Waals surface area contributed by atoms with Gasteiger partial charge in [-0.3, -0.25) is 0 Å². The standard InChI is InChI=1S/C10H15N3O/c1-7-12-9(11)6-10(13-7)14-8-4-2-3-5-8/h6,8H,2-5H2,1H3,(H2,11,12,13). The maximum atomic E-state index is 5.71. The van der Waals surface area contributed by atoms with E-state index in [0.29, 0.717) is 23.6 Å². The molecule has 1 heterocycles. The van der Waals surface area contributed by atoms with E-state index in [0.717, 1.165) is 12.8 Å². The van der Waals surface area contributed by atoms with Crippen LogP contribution >= 0.6 is 0 Å². The molecule has 0 unspecified atom stereocenters. The molecular formula is C10H15N3O. The van der Waals surface area contributed by atoms with Gasteiger partial charge in [-0.1, -0.05) is 0 Å². The van der Waals surface area contributed by atoms with Crippen molar-refractivity contribution in [2.24, 2.45) is 0 Å². The molecule has 0 aromatic carbocycles. The zero-order valence-electron chi connectivity index (χ0n) is 8.36. The second kappa shape index (κ2) is 3.82. The minimum atomic E-state index is 0.323. The largest absolute Gasteiger partial charge is 0.474 e. The van der Waals surface area contributed by atoms with Gasteiger partial charge in [0.05, 0.1) is 0 Å². The van der Waals surface area contributed by atoms with Crippen molar-refractivity contribution in [3.05, 3.63) is 11.9 Å². The summed E-state index contributed by atoms with van der Waals surface area (Å²) in [5, 5.41) is 0.